The predicted molar refractivity (Wildman–Crippen MR) is 115 cm³/mol. The minimum atomic E-state index is 0.528. The molecule has 0 aromatic heterocycles. The summed E-state index contributed by atoms with van der Waals surface area (Å²) in [6, 6.07) is 0.528. The summed E-state index contributed by atoms with van der Waals surface area (Å²) >= 11 is 0. The van der Waals surface area contributed by atoms with Gasteiger partial charge < -0.3 is 20.5 Å². The zero-order valence-corrected chi connectivity index (χ0v) is 17.0. The summed E-state index contributed by atoms with van der Waals surface area (Å²) in [5.41, 5.74) is 4.96. The molecule has 2 rings (SSSR count). The first-order valence-corrected chi connectivity index (χ1v) is 9.46. The molecule has 6 nitrogen and oxygen atoms in total. The molecule has 0 atom stereocenters. The molecule has 2 aliphatic rings. The second kappa shape index (κ2) is 9.35. The summed E-state index contributed by atoms with van der Waals surface area (Å²) < 4.78 is 0. The van der Waals surface area contributed by atoms with E-state index < -0.39 is 0 Å². The molecule has 146 valence electrons. The van der Waals surface area contributed by atoms with E-state index in [0.29, 0.717) is 24.7 Å². The van der Waals surface area contributed by atoms with Crippen LogP contribution in [0.4, 0.5) is 0 Å². The van der Waals surface area contributed by atoms with Gasteiger partial charge in [-0.15, -0.1) is 5.10 Å². The maximum atomic E-state index is 8.45. The van der Waals surface area contributed by atoms with E-state index in [1.54, 1.807) is 0 Å². The van der Waals surface area contributed by atoms with E-state index >= 15 is 0 Å². The topological polar surface area (TPSA) is 67.1 Å². The minimum Gasteiger partial charge on any atom is -0.382 e. The van der Waals surface area contributed by atoms with Crippen LogP contribution in [0.3, 0.4) is 0 Å². The van der Waals surface area contributed by atoms with Crippen LogP contribution in [0.5, 0.6) is 0 Å². The lowest BCUT2D eigenvalue weighted by Crippen LogP contribution is -2.33. The average molecular weight is 369 g/mol. The van der Waals surface area contributed by atoms with Crippen LogP contribution < -0.4 is 5.32 Å². The Morgan fingerprint density at radius 3 is 2.74 bits per heavy atom. The first-order valence-electron chi connectivity index (χ1n) is 9.46. The molecule has 0 spiro atoms. The fraction of sp³-hybridized carbons (Fsp3) is 0.476. The van der Waals surface area contributed by atoms with Crippen molar-refractivity contribution in [3.63, 3.8) is 0 Å². The minimum absolute atomic E-state index is 0.528. The number of nitrogens with one attached hydrogen (secondary N) is 2. The van der Waals surface area contributed by atoms with Gasteiger partial charge in [-0.05, 0) is 45.3 Å². The van der Waals surface area contributed by atoms with E-state index in [1.165, 1.54) is 18.4 Å². The highest BCUT2D eigenvalue weighted by Gasteiger charge is 2.23. The van der Waals surface area contributed by atoms with Crippen LogP contribution >= 0.6 is 0 Å². The number of allylic oxidation sites excluding steroid dienone is 2. The first kappa shape index (κ1) is 20.7. The van der Waals surface area contributed by atoms with Crippen LogP contribution in [0.2, 0.25) is 0 Å². The normalized spacial score (nSPS) is 18.2. The van der Waals surface area contributed by atoms with E-state index in [-0.39, 0.29) is 0 Å². The van der Waals surface area contributed by atoms with Crippen LogP contribution in [0, 0.1) is 5.41 Å². The number of hydrogen-bond acceptors (Lipinski definition) is 5. The molecule has 0 amide bonds. The highest BCUT2D eigenvalue weighted by Crippen LogP contribution is 2.23. The first-order chi connectivity index (χ1) is 12.9. The van der Waals surface area contributed by atoms with Crippen LogP contribution in [-0.4, -0.2) is 54.2 Å². The second-order valence-corrected chi connectivity index (χ2v) is 7.16. The molecule has 0 aromatic rings. The molecule has 0 saturated heterocycles. The molecule has 0 unspecified atom stereocenters. The lowest BCUT2D eigenvalue weighted by molar-refractivity contribution is 0.444. The average Bonchev–Trinajstić information content (AvgIpc) is 3.47. The molecule has 1 aliphatic heterocycles. The molecule has 1 aliphatic carbocycles. The Kier molecular flexibility index (Phi) is 7.16. The zero-order valence-electron chi connectivity index (χ0n) is 17.0. The standard InChI is InChI=1S/C21H32N6/c1-7-20(22)19(21(8-2)24-17-9-10-17)14-26(6)18-11-15(3)12-27(13-18)16(4)25-23-5/h8,11,13,17,22,24H,2,5,7,9-10,12,14H2,1,3-4,6H3/b21-19-,22-20?,25-16-. The summed E-state index contributed by atoms with van der Waals surface area (Å²) in [5, 5.41) is 19.7. The molecule has 6 heteroatoms. The van der Waals surface area contributed by atoms with E-state index in [1.807, 2.05) is 19.9 Å². The molecule has 1 fully saturated rings. The van der Waals surface area contributed by atoms with Crippen LogP contribution in [-0.2, 0) is 0 Å². The van der Waals surface area contributed by atoms with Gasteiger partial charge in [0.1, 0.15) is 5.84 Å². The molecule has 0 bridgehead atoms. The van der Waals surface area contributed by atoms with Crippen molar-refractivity contribution in [1.82, 2.24) is 15.1 Å². The Balaban J connectivity index is 2.27. The maximum absolute atomic E-state index is 8.45. The number of likely N-dealkylation sites (N-methyl/N-ethyl adjacent to an activating group) is 1. The van der Waals surface area contributed by atoms with Crippen molar-refractivity contribution in [2.45, 2.75) is 46.1 Å². The highest BCUT2D eigenvalue weighted by atomic mass is 15.3. The number of amidine groups is 1. The third kappa shape index (κ3) is 5.67. The lowest BCUT2D eigenvalue weighted by atomic mass is 10.0. The van der Waals surface area contributed by atoms with Gasteiger partial charge >= 0.3 is 0 Å². The van der Waals surface area contributed by atoms with Gasteiger partial charge in [-0.25, -0.2) is 0 Å². The van der Waals surface area contributed by atoms with Crippen molar-refractivity contribution in [1.29, 1.82) is 5.41 Å². The summed E-state index contributed by atoms with van der Waals surface area (Å²) in [6.07, 6.45) is 9.19. The second-order valence-electron chi connectivity index (χ2n) is 7.16. The fourth-order valence-corrected chi connectivity index (χ4v) is 2.99. The van der Waals surface area contributed by atoms with Gasteiger partial charge in [0.15, 0.2) is 0 Å². The molecule has 1 saturated carbocycles. The Hall–Kier alpha value is -2.63. The van der Waals surface area contributed by atoms with E-state index in [4.69, 9.17) is 5.41 Å². The number of hydrogen-bond donors (Lipinski definition) is 2. The van der Waals surface area contributed by atoms with Gasteiger partial charge in [0.05, 0.1) is 5.70 Å². The summed E-state index contributed by atoms with van der Waals surface area (Å²) in [5.74, 6) is 0.808. The van der Waals surface area contributed by atoms with Crippen molar-refractivity contribution in [2.24, 2.45) is 10.2 Å². The van der Waals surface area contributed by atoms with Crippen molar-refractivity contribution < 1.29 is 0 Å². The van der Waals surface area contributed by atoms with Gasteiger partial charge in [0.2, 0.25) is 0 Å². The maximum Gasteiger partial charge on any atom is 0.128 e. The number of rotatable bonds is 9. The molecular weight excluding hydrogens is 336 g/mol. The van der Waals surface area contributed by atoms with Gasteiger partial charge in [-0.1, -0.05) is 19.1 Å². The van der Waals surface area contributed by atoms with E-state index in [9.17, 15) is 0 Å². The van der Waals surface area contributed by atoms with Crippen molar-refractivity contribution >= 4 is 18.3 Å². The zero-order chi connectivity index (χ0) is 20.0. The van der Waals surface area contributed by atoms with Gasteiger partial charge in [-0.3, -0.25) is 0 Å². The van der Waals surface area contributed by atoms with Gasteiger partial charge in [-0.2, -0.15) is 5.10 Å². The summed E-state index contributed by atoms with van der Waals surface area (Å²) in [4.78, 5) is 4.24. The summed E-state index contributed by atoms with van der Waals surface area (Å²) in [6.45, 7) is 14.9. The van der Waals surface area contributed by atoms with Crippen LogP contribution in [0.1, 0.15) is 40.0 Å². The highest BCUT2D eigenvalue weighted by molar-refractivity contribution is 5.99. The largest absolute Gasteiger partial charge is 0.382 e. The Morgan fingerprint density at radius 1 is 1.48 bits per heavy atom. The van der Waals surface area contributed by atoms with Crippen LogP contribution in [0.15, 0.2) is 57.7 Å². The van der Waals surface area contributed by atoms with Gasteiger partial charge in [0.25, 0.3) is 0 Å². The molecular formula is C21H32N6. The molecule has 2 N–H and O–H groups in total. The van der Waals surface area contributed by atoms with Crippen LogP contribution in [0.25, 0.3) is 0 Å². The Morgan fingerprint density at radius 2 is 2.19 bits per heavy atom. The SMILES string of the molecule is C=C/C(NC1CC1)=C(\CN(C)C1=CN(/C(C)=N\N=C)CC(C)=C1)C(=N)CC. The van der Waals surface area contributed by atoms with E-state index in [2.05, 4.69) is 64.9 Å². The molecule has 27 heavy (non-hydrogen) atoms. The van der Waals surface area contributed by atoms with Crippen molar-refractivity contribution in [2.75, 3.05) is 20.1 Å². The van der Waals surface area contributed by atoms with Crippen molar-refractivity contribution in [3.05, 3.63) is 47.5 Å². The monoisotopic (exact) mass is 368 g/mol. The number of nitrogens with zero attached hydrogens (tertiary/aromatic N) is 4. The third-order valence-electron chi connectivity index (χ3n) is 4.75. The molecule has 0 aromatic carbocycles. The quantitative estimate of drug-likeness (QED) is 0.282. The lowest BCUT2D eigenvalue weighted by Gasteiger charge is -2.31. The van der Waals surface area contributed by atoms with Gasteiger partial charge in [0, 0.05) is 56.1 Å². The third-order valence-corrected chi connectivity index (χ3v) is 4.75. The van der Waals surface area contributed by atoms with E-state index in [0.717, 1.165) is 29.3 Å². The van der Waals surface area contributed by atoms with Crippen molar-refractivity contribution in [3.8, 4) is 0 Å². The summed E-state index contributed by atoms with van der Waals surface area (Å²) in [7, 11) is 2.05. The predicted octanol–water partition coefficient (Wildman–Crippen LogP) is 3.68. The molecule has 1 heterocycles. The molecule has 0 radical (unpaired) electrons. The smallest absolute Gasteiger partial charge is 0.128 e. The Labute approximate surface area is 163 Å². The fourth-order valence-electron chi connectivity index (χ4n) is 2.99. The Bertz CT molecular complexity index is 721.